The first-order valence-electron chi connectivity index (χ1n) is 23.4. The number of benzene rings is 10. The van der Waals surface area contributed by atoms with Crippen molar-refractivity contribution in [2.45, 2.75) is 43.9 Å². The summed E-state index contributed by atoms with van der Waals surface area (Å²) in [5, 5.41) is 2.61. The molecule has 0 bridgehead atoms. The van der Waals surface area contributed by atoms with E-state index >= 15 is 0 Å². The van der Waals surface area contributed by atoms with E-state index in [1.54, 1.807) is 0 Å². The van der Waals surface area contributed by atoms with Crippen molar-refractivity contribution in [2.24, 2.45) is 0 Å². The highest BCUT2D eigenvalue weighted by atomic mass is 15.1. The lowest BCUT2D eigenvalue weighted by Crippen LogP contribution is -2.28. The van der Waals surface area contributed by atoms with Crippen LogP contribution in [-0.2, 0) is 16.2 Å². The van der Waals surface area contributed by atoms with Gasteiger partial charge in [-0.3, -0.25) is 0 Å². The summed E-state index contributed by atoms with van der Waals surface area (Å²) in [5.74, 6) is 0. The largest absolute Gasteiger partial charge is 0.310 e. The van der Waals surface area contributed by atoms with Crippen molar-refractivity contribution in [2.75, 3.05) is 4.90 Å². The van der Waals surface area contributed by atoms with Crippen LogP contribution in [0.25, 0.3) is 55.3 Å². The number of nitrogens with zero attached hydrogens (tertiary/aromatic N) is 1. The standard InChI is InChI=1S/C65H49N/c1-63(2)54-29-16-13-26-49(54)50-39-38-47(41-58(50)63)66(46-36-34-42(35-37-46)53-40-43-20-11-12-25-48(43)62-60(53)51-27-14-17-30-55(51)64(62,3)4)59-33-19-32-57-61(59)52-28-15-18-31-56(52)65(57,44-21-7-5-8-22-44)45-23-9-6-10-24-45/h5-41H,1-4H3. The van der Waals surface area contributed by atoms with Gasteiger partial charge >= 0.3 is 0 Å². The van der Waals surface area contributed by atoms with Gasteiger partial charge in [0.1, 0.15) is 0 Å². The first-order chi connectivity index (χ1) is 32.3. The van der Waals surface area contributed by atoms with Gasteiger partial charge in [0.05, 0.1) is 11.1 Å². The summed E-state index contributed by atoms with van der Waals surface area (Å²) in [5.41, 5.74) is 23.7. The maximum Gasteiger partial charge on any atom is 0.0714 e. The molecular weight excluding hydrogens is 795 g/mol. The predicted molar refractivity (Wildman–Crippen MR) is 276 cm³/mol. The Morgan fingerprint density at radius 2 is 0.864 bits per heavy atom. The minimum absolute atomic E-state index is 0.127. The molecule has 1 nitrogen and oxygen atoms in total. The molecule has 3 aliphatic carbocycles. The van der Waals surface area contributed by atoms with Gasteiger partial charge in [0.2, 0.25) is 0 Å². The van der Waals surface area contributed by atoms with Crippen LogP contribution in [0.1, 0.15) is 72.2 Å². The Hall–Kier alpha value is -7.74. The van der Waals surface area contributed by atoms with Gasteiger partial charge in [0.25, 0.3) is 0 Å². The Kier molecular flexibility index (Phi) is 8.28. The van der Waals surface area contributed by atoms with Gasteiger partial charge in [0.15, 0.2) is 0 Å². The van der Waals surface area contributed by atoms with Crippen molar-refractivity contribution < 1.29 is 0 Å². The van der Waals surface area contributed by atoms with Gasteiger partial charge in [-0.2, -0.15) is 0 Å². The first kappa shape index (κ1) is 38.7. The number of anilines is 3. The van der Waals surface area contributed by atoms with E-state index in [0.29, 0.717) is 0 Å². The molecule has 0 saturated heterocycles. The summed E-state index contributed by atoms with van der Waals surface area (Å²) in [6, 6.07) is 84.4. The zero-order valence-corrected chi connectivity index (χ0v) is 37.8. The lowest BCUT2D eigenvalue weighted by Gasteiger charge is -2.34. The van der Waals surface area contributed by atoms with E-state index in [0.717, 1.165) is 17.1 Å². The maximum atomic E-state index is 2.54. The number of hydrogen-bond donors (Lipinski definition) is 0. The second kappa shape index (κ2) is 14.1. The molecule has 10 aromatic carbocycles. The van der Waals surface area contributed by atoms with Gasteiger partial charge in [-0.05, 0) is 131 Å². The fourth-order valence-corrected chi connectivity index (χ4v) is 12.6. The Morgan fingerprint density at radius 1 is 0.333 bits per heavy atom. The van der Waals surface area contributed by atoms with Gasteiger partial charge in [-0.25, -0.2) is 0 Å². The maximum absolute atomic E-state index is 2.54. The molecule has 3 aliphatic rings. The fraction of sp³-hybridized carbons (Fsp3) is 0.108. The highest BCUT2D eigenvalue weighted by Crippen LogP contribution is 2.61. The SMILES string of the molecule is CC1(C)c2ccccc2-c2ccc(N(c3ccc(-c4cc5ccccc5c5c4-c4ccccc4C5(C)C)cc3)c3cccc4c3-c3ccccc3C4(c3ccccc3)c3ccccc3)cc21. The van der Waals surface area contributed by atoms with Crippen molar-refractivity contribution in [1.29, 1.82) is 0 Å². The van der Waals surface area contributed by atoms with Gasteiger partial charge in [-0.15, -0.1) is 0 Å². The van der Waals surface area contributed by atoms with E-state index in [9.17, 15) is 0 Å². The van der Waals surface area contributed by atoms with Crippen LogP contribution in [0.15, 0.2) is 224 Å². The van der Waals surface area contributed by atoms with Crippen LogP contribution in [-0.4, -0.2) is 0 Å². The van der Waals surface area contributed by atoms with E-state index in [2.05, 4.69) is 257 Å². The van der Waals surface area contributed by atoms with Crippen molar-refractivity contribution in [1.82, 2.24) is 0 Å². The topological polar surface area (TPSA) is 3.24 Å². The van der Waals surface area contributed by atoms with E-state index < -0.39 is 5.41 Å². The molecule has 314 valence electrons. The number of fused-ring (bicyclic) bond motifs is 11. The van der Waals surface area contributed by atoms with Crippen LogP contribution in [0.4, 0.5) is 17.1 Å². The predicted octanol–water partition coefficient (Wildman–Crippen LogP) is 17.0. The Bertz CT molecular complexity index is 3540. The number of hydrogen-bond acceptors (Lipinski definition) is 1. The summed E-state index contributed by atoms with van der Waals surface area (Å²) in [6.07, 6.45) is 0. The summed E-state index contributed by atoms with van der Waals surface area (Å²) >= 11 is 0. The van der Waals surface area contributed by atoms with E-state index in [1.807, 2.05) is 0 Å². The summed E-state index contributed by atoms with van der Waals surface area (Å²) in [6.45, 7) is 9.55. The lowest BCUT2D eigenvalue weighted by molar-refractivity contribution is 0.660. The molecule has 0 spiro atoms. The second-order valence-corrected chi connectivity index (χ2v) is 19.6. The molecule has 0 aliphatic heterocycles. The zero-order chi connectivity index (χ0) is 44.4. The highest BCUT2D eigenvalue weighted by Gasteiger charge is 2.47. The van der Waals surface area contributed by atoms with Crippen LogP contribution in [0.2, 0.25) is 0 Å². The Labute approximate surface area is 388 Å². The van der Waals surface area contributed by atoms with E-state index in [4.69, 9.17) is 0 Å². The number of rotatable bonds is 6. The molecule has 0 aromatic heterocycles. The molecule has 0 amide bonds. The van der Waals surface area contributed by atoms with Crippen molar-refractivity contribution >= 4 is 27.8 Å². The van der Waals surface area contributed by atoms with Crippen molar-refractivity contribution in [3.63, 3.8) is 0 Å². The highest BCUT2D eigenvalue weighted by molar-refractivity contribution is 6.05. The molecule has 0 fully saturated rings. The third-order valence-corrected chi connectivity index (χ3v) is 15.5. The minimum atomic E-state index is -0.512. The minimum Gasteiger partial charge on any atom is -0.310 e. The quantitative estimate of drug-likeness (QED) is 0.161. The molecule has 10 aromatic rings. The smallest absolute Gasteiger partial charge is 0.0714 e. The zero-order valence-electron chi connectivity index (χ0n) is 37.8. The van der Waals surface area contributed by atoms with Crippen LogP contribution in [0.5, 0.6) is 0 Å². The molecule has 66 heavy (non-hydrogen) atoms. The van der Waals surface area contributed by atoms with E-state index in [1.165, 1.54) is 99.8 Å². The molecule has 0 radical (unpaired) electrons. The van der Waals surface area contributed by atoms with Crippen molar-refractivity contribution in [3.05, 3.63) is 269 Å². The Balaban J connectivity index is 1.06. The lowest BCUT2D eigenvalue weighted by atomic mass is 9.68. The molecule has 0 heterocycles. The second-order valence-electron chi connectivity index (χ2n) is 19.6. The summed E-state index contributed by atoms with van der Waals surface area (Å²) < 4.78 is 0. The molecular formula is C65H49N. The molecule has 1 heteroatoms. The van der Waals surface area contributed by atoms with Crippen LogP contribution in [0.3, 0.4) is 0 Å². The monoisotopic (exact) mass is 843 g/mol. The third-order valence-electron chi connectivity index (χ3n) is 15.5. The van der Waals surface area contributed by atoms with Gasteiger partial charge in [-0.1, -0.05) is 216 Å². The van der Waals surface area contributed by atoms with Crippen LogP contribution in [0, 0.1) is 0 Å². The molecule has 13 rings (SSSR count). The van der Waals surface area contributed by atoms with Gasteiger partial charge in [0, 0.05) is 27.8 Å². The van der Waals surface area contributed by atoms with Gasteiger partial charge < -0.3 is 4.90 Å². The third kappa shape index (κ3) is 5.23. The van der Waals surface area contributed by atoms with Crippen LogP contribution < -0.4 is 4.90 Å². The summed E-state index contributed by atoms with van der Waals surface area (Å²) in [4.78, 5) is 2.54. The Morgan fingerprint density at radius 3 is 1.56 bits per heavy atom. The van der Waals surface area contributed by atoms with Crippen molar-refractivity contribution in [3.8, 4) is 44.5 Å². The molecule has 0 N–H and O–H groups in total. The average molecular weight is 844 g/mol. The molecule has 0 unspecified atom stereocenters. The van der Waals surface area contributed by atoms with E-state index in [-0.39, 0.29) is 10.8 Å². The molecule has 0 saturated carbocycles. The first-order valence-corrected chi connectivity index (χ1v) is 23.4. The van der Waals surface area contributed by atoms with Crippen LogP contribution >= 0.6 is 0 Å². The normalized spacial score (nSPS) is 15.0. The summed E-state index contributed by atoms with van der Waals surface area (Å²) in [7, 11) is 0. The molecule has 0 atom stereocenters. The fourth-order valence-electron chi connectivity index (χ4n) is 12.6. The average Bonchev–Trinajstić information content (AvgIpc) is 3.90.